The maximum Gasteiger partial charge on any atom is 0.127 e. The summed E-state index contributed by atoms with van der Waals surface area (Å²) < 4.78 is 12.2. The van der Waals surface area contributed by atoms with E-state index in [-0.39, 0.29) is 5.92 Å². The van der Waals surface area contributed by atoms with Gasteiger partial charge in [0.15, 0.2) is 0 Å². The van der Waals surface area contributed by atoms with Gasteiger partial charge in [-0.15, -0.1) is 0 Å². The van der Waals surface area contributed by atoms with E-state index in [9.17, 15) is 10.2 Å². The lowest BCUT2D eigenvalue weighted by atomic mass is 9.96. The summed E-state index contributed by atoms with van der Waals surface area (Å²) in [5, 5.41) is 20.7. The van der Waals surface area contributed by atoms with Crippen molar-refractivity contribution in [2.24, 2.45) is 0 Å². The molecule has 0 aliphatic rings. The molecule has 0 aliphatic carbocycles. The van der Waals surface area contributed by atoms with Gasteiger partial charge < -0.3 is 19.7 Å². The van der Waals surface area contributed by atoms with Gasteiger partial charge in [-0.1, -0.05) is 13.8 Å². The van der Waals surface area contributed by atoms with Crippen LogP contribution in [0.5, 0.6) is 23.0 Å². The van der Waals surface area contributed by atoms with Crippen molar-refractivity contribution in [1.29, 1.82) is 0 Å². The third-order valence-electron chi connectivity index (χ3n) is 6.31. The predicted molar refractivity (Wildman–Crippen MR) is 131 cm³/mol. The molecule has 0 atom stereocenters. The first-order valence-electron chi connectivity index (χ1n) is 11.6. The SMILES string of the molecule is CCOc1c(C)c(C)c(O)c(C)c1CN(CCOc1cc(C)c(O)cc1C(C)C)C(C)C. The molecule has 0 radical (unpaired) electrons. The second kappa shape index (κ2) is 11.0. The molecule has 2 aromatic carbocycles. The van der Waals surface area contributed by atoms with Crippen LogP contribution in [-0.2, 0) is 6.54 Å². The molecule has 0 saturated heterocycles. The Bertz CT molecular complexity index is 934. The van der Waals surface area contributed by atoms with E-state index < -0.39 is 0 Å². The van der Waals surface area contributed by atoms with Crippen LogP contribution in [0.2, 0.25) is 0 Å². The molecule has 0 heterocycles. The van der Waals surface area contributed by atoms with Crippen molar-refractivity contribution in [3.8, 4) is 23.0 Å². The fourth-order valence-corrected chi connectivity index (χ4v) is 3.96. The quantitative estimate of drug-likeness (QED) is 0.462. The summed E-state index contributed by atoms with van der Waals surface area (Å²) in [6.45, 7) is 20.8. The third-order valence-corrected chi connectivity index (χ3v) is 6.31. The topological polar surface area (TPSA) is 62.2 Å². The van der Waals surface area contributed by atoms with Crippen LogP contribution >= 0.6 is 0 Å². The molecule has 5 heteroatoms. The Morgan fingerprint density at radius 2 is 1.56 bits per heavy atom. The van der Waals surface area contributed by atoms with Crippen molar-refractivity contribution in [2.75, 3.05) is 19.8 Å². The summed E-state index contributed by atoms with van der Waals surface area (Å²) in [4.78, 5) is 2.33. The number of ether oxygens (including phenoxy) is 2. The molecule has 0 unspecified atom stereocenters. The van der Waals surface area contributed by atoms with Crippen LogP contribution in [0.1, 0.15) is 73.9 Å². The minimum absolute atomic E-state index is 0.257. The van der Waals surface area contributed by atoms with Crippen molar-refractivity contribution in [2.45, 2.75) is 80.8 Å². The average Bonchev–Trinajstić information content (AvgIpc) is 2.73. The summed E-state index contributed by atoms with van der Waals surface area (Å²) in [6.07, 6.45) is 0. The number of nitrogens with zero attached hydrogens (tertiary/aromatic N) is 1. The lowest BCUT2D eigenvalue weighted by molar-refractivity contribution is 0.165. The first-order chi connectivity index (χ1) is 15.0. The predicted octanol–water partition coefficient (Wildman–Crippen LogP) is 6.14. The number of aryl methyl sites for hydroxylation is 1. The molecule has 0 aromatic heterocycles. The molecule has 178 valence electrons. The van der Waals surface area contributed by atoms with E-state index in [2.05, 4.69) is 32.6 Å². The Kier molecular flexibility index (Phi) is 8.85. The molecular weight excluding hydrogens is 402 g/mol. The lowest BCUT2D eigenvalue weighted by Gasteiger charge is -2.29. The van der Waals surface area contributed by atoms with Crippen molar-refractivity contribution in [1.82, 2.24) is 4.90 Å². The molecule has 0 bridgehead atoms. The molecule has 5 nitrogen and oxygen atoms in total. The van der Waals surface area contributed by atoms with Crippen LogP contribution in [-0.4, -0.2) is 40.9 Å². The number of hydrogen-bond acceptors (Lipinski definition) is 5. The molecule has 32 heavy (non-hydrogen) atoms. The molecule has 2 N–H and O–H groups in total. The molecule has 0 saturated carbocycles. The van der Waals surface area contributed by atoms with Gasteiger partial charge in [-0.05, 0) is 88.8 Å². The molecule has 0 aliphatic heterocycles. The van der Waals surface area contributed by atoms with E-state index in [0.29, 0.717) is 37.3 Å². The summed E-state index contributed by atoms with van der Waals surface area (Å²) in [5.41, 5.74) is 5.60. The van der Waals surface area contributed by atoms with Gasteiger partial charge in [0.25, 0.3) is 0 Å². The molecular formula is C27H41NO4. The van der Waals surface area contributed by atoms with E-state index in [1.54, 1.807) is 0 Å². The molecule has 0 fully saturated rings. The number of aromatic hydroxyl groups is 2. The highest BCUT2D eigenvalue weighted by Crippen LogP contribution is 2.38. The second-order valence-corrected chi connectivity index (χ2v) is 9.21. The van der Waals surface area contributed by atoms with E-state index in [4.69, 9.17) is 9.47 Å². The standard InChI is InChI=1S/C27H41NO4/c1-10-31-27-20(8)19(7)26(30)21(9)23(27)15-28(17(4)5)11-12-32-25-13-18(6)24(29)14-22(25)16(2)3/h13-14,16-17,29-30H,10-12,15H2,1-9H3. The molecule has 2 rings (SSSR count). The van der Waals surface area contributed by atoms with Gasteiger partial charge in [0, 0.05) is 30.3 Å². The minimum Gasteiger partial charge on any atom is -0.508 e. The number of benzene rings is 2. The van der Waals surface area contributed by atoms with Gasteiger partial charge in [0.05, 0.1) is 6.61 Å². The number of hydrogen-bond donors (Lipinski definition) is 2. The summed E-state index contributed by atoms with van der Waals surface area (Å²) in [7, 11) is 0. The highest BCUT2D eigenvalue weighted by atomic mass is 16.5. The van der Waals surface area contributed by atoms with E-state index in [1.165, 1.54) is 0 Å². The second-order valence-electron chi connectivity index (χ2n) is 9.21. The zero-order chi connectivity index (χ0) is 24.2. The van der Waals surface area contributed by atoms with Crippen LogP contribution in [0.3, 0.4) is 0 Å². The average molecular weight is 444 g/mol. The zero-order valence-corrected chi connectivity index (χ0v) is 21.3. The largest absolute Gasteiger partial charge is 0.508 e. The van der Waals surface area contributed by atoms with Crippen LogP contribution in [0.25, 0.3) is 0 Å². The van der Waals surface area contributed by atoms with Crippen LogP contribution in [0.15, 0.2) is 12.1 Å². The Hall–Kier alpha value is -2.40. The molecule has 0 spiro atoms. The molecule has 2 aromatic rings. The van der Waals surface area contributed by atoms with Gasteiger partial charge in [0.1, 0.15) is 29.6 Å². The van der Waals surface area contributed by atoms with E-state index >= 15 is 0 Å². The Labute approximate surface area is 194 Å². The van der Waals surface area contributed by atoms with Crippen molar-refractivity contribution in [3.63, 3.8) is 0 Å². The fourth-order valence-electron chi connectivity index (χ4n) is 3.96. The molecule has 0 amide bonds. The van der Waals surface area contributed by atoms with Crippen molar-refractivity contribution < 1.29 is 19.7 Å². The van der Waals surface area contributed by atoms with Crippen molar-refractivity contribution >= 4 is 0 Å². The number of phenolic OH excluding ortho intramolecular Hbond substituents is 2. The van der Waals surface area contributed by atoms with Gasteiger partial charge in [-0.2, -0.15) is 0 Å². The van der Waals surface area contributed by atoms with Gasteiger partial charge in [-0.3, -0.25) is 4.90 Å². The first-order valence-corrected chi connectivity index (χ1v) is 11.6. The summed E-state index contributed by atoms with van der Waals surface area (Å²) in [5.74, 6) is 2.62. The minimum atomic E-state index is 0.257. The van der Waals surface area contributed by atoms with Crippen LogP contribution in [0.4, 0.5) is 0 Å². The first kappa shape index (κ1) is 25.9. The monoisotopic (exact) mass is 443 g/mol. The highest BCUT2D eigenvalue weighted by molar-refractivity contribution is 5.57. The normalized spacial score (nSPS) is 11.6. The van der Waals surface area contributed by atoms with Crippen LogP contribution < -0.4 is 9.47 Å². The maximum absolute atomic E-state index is 10.6. The number of rotatable bonds is 10. The fraction of sp³-hybridized carbons (Fsp3) is 0.556. The van der Waals surface area contributed by atoms with Gasteiger partial charge in [-0.25, -0.2) is 0 Å². The lowest BCUT2D eigenvalue weighted by Crippen LogP contribution is -2.34. The van der Waals surface area contributed by atoms with E-state index in [1.807, 2.05) is 46.8 Å². The summed E-state index contributed by atoms with van der Waals surface area (Å²) in [6, 6.07) is 4.02. The van der Waals surface area contributed by atoms with Crippen LogP contribution in [0, 0.1) is 27.7 Å². The smallest absolute Gasteiger partial charge is 0.127 e. The van der Waals surface area contributed by atoms with E-state index in [0.717, 1.165) is 51.4 Å². The Morgan fingerprint density at radius 1 is 0.906 bits per heavy atom. The summed E-state index contributed by atoms with van der Waals surface area (Å²) >= 11 is 0. The van der Waals surface area contributed by atoms with Gasteiger partial charge >= 0.3 is 0 Å². The Balaban J connectivity index is 2.25. The number of phenols is 2. The third kappa shape index (κ3) is 5.69. The van der Waals surface area contributed by atoms with Crippen molar-refractivity contribution in [3.05, 3.63) is 45.5 Å². The van der Waals surface area contributed by atoms with Gasteiger partial charge in [0.2, 0.25) is 0 Å². The maximum atomic E-state index is 10.6. The Morgan fingerprint density at radius 3 is 2.12 bits per heavy atom. The highest BCUT2D eigenvalue weighted by Gasteiger charge is 2.22. The zero-order valence-electron chi connectivity index (χ0n) is 21.3.